The van der Waals surface area contributed by atoms with Crippen molar-refractivity contribution in [2.24, 2.45) is 0 Å². The molecule has 7 aromatic carbocycles. The molecule has 0 aliphatic heterocycles. The smallest absolute Gasteiger partial charge is 0.0540 e. The number of benzene rings is 7. The number of rotatable bonds is 9. The zero-order valence-electron chi connectivity index (χ0n) is 30.5. The molecule has 0 aliphatic carbocycles. The minimum Gasteiger partial charge on any atom is -0.310 e. The molecule has 0 unspecified atom stereocenters. The van der Waals surface area contributed by atoms with E-state index in [0.717, 1.165) is 39.7 Å². The predicted molar refractivity (Wildman–Crippen MR) is 226 cm³/mol. The van der Waals surface area contributed by atoms with Crippen molar-refractivity contribution in [1.29, 1.82) is 0 Å². The van der Waals surface area contributed by atoms with Crippen molar-refractivity contribution < 1.29 is 0 Å². The van der Waals surface area contributed by atoms with Crippen LogP contribution in [0, 0.1) is 0 Å². The van der Waals surface area contributed by atoms with Crippen LogP contribution < -0.4 is 9.80 Å². The molecule has 51 heavy (non-hydrogen) atoms. The second-order valence-corrected chi connectivity index (χ2v) is 11.4. The van der Waals surface area contributed by atoms with Crippen molar-refractivity contribution in [1.82, 2.24) is 0 Å². The largest absolute Gasteiger partial charge is 0.310 e. The van der Waals surface area contributed by atoms with E-state index in [2.05, 4.69) is 198 Å². The number of hydrogen-bond acceptors (Lipinski definition) is 2. The number of fused-ring (bicyclic) bond motifs is 2. The molecule has 2 nitrogen and oxygen atoms in total. The van der Waals surface area contributed by atoms with Gasteiger partial charge in [0.2, 0.25) is 0 Å². The van der Waals surface area contributed by atoms with Crippen LogP contribution in [0.2, 0.25) is 0 Å². The summed E-state index contributed by atoms with van der Waals surface area (Å²) in [5.74, 6) is 0. The molecule has 0 saturated carbocycles. The zero-order valence-corrected chi connectivity index (χ0v) is 30.5. The summed E-state index contributed by atoms with van der Waals surface area (Å²) in [4.78, 5) is 4.64. The van der Waals surface area contributed by atoms with Gasteiger partial charge in [0, 0.05) is 33.5 Å². The second-order valence-electron chi connectivity index (χ2n) is 11.4. The van der Waals surface area contributed by atoms with Gasteiger partial charge in [0.1, 0.15) is 0 Å². The van der Waals surface area contributed by atoms with Crippen LogP contribution in [0.5, 0.6) is 0 Å². The maximum atomic E-state index is 4.00. The maximum absolute atomic E-state index is 4.00. The van der Waals surface area contributed by atoms with Crippen LogP contribution in [0.1, 0.15) is 34.6 Å². The highest BCUT2D eigenvalue weighted by Gasteiger charge is 2.17. The molecule has 7 aromatic rings. The SMILES string of the molecule is C=C/C=C(\C=C/C)N(c1ccc(-c2ccc(N(c3ccccc3)c3cccc4ccccc34)cc2)cc1)c1cccc2ccccc12.CC.CC. The van der Waals surface area contributed by atoms with Crippen molar-refractivity contribution in [2.45, 2.75) is 34.6 Å². The third kappa shape index (κ3) is 8.03. The van der Waals surface area contributed by atoms with E-state index >= 15 is 0 Å². The summed E-state index contributed by atoms with van der Waals surface area (Å²) < 4.78 is 0. The molecule has 0 N–H and O–H groups in total. The van der Waals surface area contributed by atoms with Crippen LogP contribution in [-0.4, -0.2) is 0 Å². The summed E-state index contributed by atoms with van der Waals surface area (Å²) in [5, 5.41) is 4.85. The van der Waals surface area contributed by atoms with E-state index in [0.29, 0.717) is 0 Å². The van der Waals surface area contributed by atoms with Crippen molar-refractivity contribution in [3.63, 3.8) is 0 Å². The first-order chi connectivity index (χ1) is 25.2. The van der Waals surface area contributed by atoms with E-state index in [1.54, 1.807) is 0 Å². The molecule has 0 atom stereocenters. The van der Waals surface area contributed by atoms with Gasteiger partial charge in [-0.25, -0.2) is 0 Å². The normalized spacial score (nSPS) is 11.0. The van der Waals surface area contributed by atoms with Crippen LogP contribution in [-0.2, 0) is 0 Å². The van der Waals surface area contributed by atoms with Crippen LogP contribution >= 0.6 is 0 Å². The lowest BCUT2D eigenvalue weighted by Crippen LogP contribution is -2.15. The van der Waals surface area contributed by atoms with Gasteiger partial charge in [-0.15, -0.1) is 0 Å². The Hall–Kier alpha value is -6.12. The molecule has 0 spiro atoms. The Labute approximate surface area is 304 Å². The monoisotopic (exact) mass is 664 g/mol. The molecular formula is C49H48N2. The second kappa shape index (κ2) is 18.0. The highest BCUT2D eigenvalue weighted by molar-refractivity contribution is 5.99. The topological polar surface area (TPSA) is 6.48 Å². The number of allylic oxidation sites excluding steroid dienone is 4. The molecule has 7 rings (SSSR count). The van der Waals surface area contributed by atoms with Gasteiger partial charge in [-0.3, -0.25) is 0 Å². The predicted octanol–water partition coefficient (Wildman–Crippen LogP) is 15.0. The molecule has 0 fully saturated rings. The first kappa shape index (κ1) is 36.2. The van der Waals surface area contributed by atoms with Gasteiger partial charge in [-0.1, -0.05) is 162 Å². The van der Waals surface area contributed by atoms with Crippen LogP contribution in [0.3, 0.4) is 0 Å². The Balaban J connectivity index is 0.00000122. The molecule has 0 amide bonds. The summed E-state index contributed by atoms with van der Waals surface area (Å²) in [7, 11) is 0. The molecule has 0 aliphatic rings. The Bertz CT molecular complexity index is 2200. The van der Waals surface area contributed by atoms with E-state index in [1.807, 2.05) is 40.7 Å². The Morgan fingerprint density at radius 1 is 0.471 bits per heavy atom. The first-order valence-electron chi connectivity index (χ1n) is 18.0. The lowest BCUT2D eigenvalue weighted by Gasteiger charge is -2.28. The van der Waals surface area contributed by atoms with Crippen LogP contribution in [0.25, 0.3) is 32.7 Å². The van der Waals surface area contributed by atoms with Gasteiger partial charge in [-0.2, -0.15) is 0 Å². The highest BCUT2D eigenvalue weighted by Crippen LogP contribution is 2.40. The van der Waals surface area contributed by atoms with Gasteiger partial charge >= 0.3 is 0 Å². The van der Waals surface area contributed by atoms with Gasteiger partial charge in [-0.05, 0) is 89.5 Å². The minimum absolute atomic E-state index is 1.05. The quantitative estimate of drug-likeness (QED) is 0.142. The van der Waals surface area contributed by atoms with Crippen LogP contribution in [0.4, 0.5) is 28.4 Å². The molecule has 254 valence electrons. The number of nitrogens with zero attached hydrogens (tertiary/aromatic N) is 2. The number of para-hydroxylation sites is 1. The van der Waals surface area contributed by atoms with Gasteiger partial charge < -0.3 is 9.80 Å². The number of hydrogen-bond donors (Lipinski definition) is 0. The standard InChI is InChI=1S/C45H36N2.2C2H6/c1-3-14-38(15-4-2)46(44-24-12-18-36-16-8-10-22-42(36)44)40-30-26-34(27-31-40)35-28-32-41(33-29-35)47(39-20-6-5-7-21-39)45-25-13-19-37-17-9-11-23-43(37)45;2*1-2/h3-33H,1H2,2H3;2*1-2H3/b15-4-,38-14+;;. The van der Waals surface area contributed by atoms with E-state index in [-0.39, 0.29) is 0 Å². The summed E-state index contributed by atoms with van der Waals surface area (Å²) >= 11 is 0. The molecule has 2 heteroatoms. The third-order valence-electron chi connectivity index (χ3n) is 8.50. The van der Waals surface area contributed by atoms with Gasteiger partial charge in [0.15, 0.2) is 0 Å². The number of anilines is 5. The zero-order chi connectivity index (χ0) is 36.0. The van der Waals surface area contributed by atoms with E-state index in [4.69, 9.17) is 0 Å². The van der Waals surface area contributed by atoms with Crippen molar-refractivity contribution >= 4 is 50.0 Å². The lowest BCUT2D eigenvalue weighted by atomic mass is 10.0. The molecular weight excluding hydrogens is 617 g/mol. The van der Waals surface area contributed by atoms with Crippen molar-refractivity contribution in [3.8, 4) is 11.1 Å². The minimum atomic E-state index is 1.05. The highest BCUT2D eigenvalue weighted by atomic mass is 15.2. The summed E-state index contributed by atoms with van der Waals surface area (Å²) in [5.41, 5.74) is 8.97. The Morgan fingerprint density at radius 3 is 1.47 bits per heavy atom. The fourth-order valence-electron chi connectivity index (χ4n) is 6.34. The van der Waals surface area contributed by atoms with Crippen molar-refractivity contribution in [2.75, 3.05) is 9.80 Å². The Morgan fingerprint density at radius 2 is 0.922 bits per heavy atom. The lowest BCUT2D eigenvalue weighted by molar-refractivity contribution is 1.22. The van der Waals surface area contributed by atoms with Gasteiger partial charge in [0.25, 0.3) is 0 Å². The van der Waals surface area contributed by atoms with Crippen molar-refractivity contribution in [3.05, 3.63) is 200 Å². The average molecular weight is 665 g/mol. The maximum Gasteiger partial charge on any atom is 0.0540 e. The third-order valence-corrected chi connectivity index (χ3v) is 8.50. The molecule has 0 saturated heterocycles. The molecule has 0 heterocycles. The first-order valence-corrected chi connectivity index (χ1v) is 18.0. The summed E-state index contributed by atoms with van der Waals surface area (Å²) in [6, 6.07) is 58.4. The fourth-order valence-corrected chi connectivity index (χ4v) is 6.34. The average Bonchev–Trinajstić information content (AvgIpc) is 3.21. The fraction of sp³-hybridized carbons (Fsp3) is 0.102. The summed E-state index contributed by atoms with van der Waals surface area (Å²) in [6.07, 6.45) is 8.11. The van der Waals surface area contributed by atoms with E-state index in [9.17, 15) is 0 Å². The summed E-state index contributed by atoms with van der Waals surface area (Å²) in [6.45, 7) is 14.0. The van der Waals surface area contributed by atoms with Gasteiger partial charge in [0.05, 0.1) is 11.4 Å². The van der Waals surface area contributed by atoms with Crippen LogP contribution in [0.15, 0.2) is 200 Å². The molecule has 0 bridgehead atoms. The Kier molecular flexibility index (Phi) is 12.8. The van der Waals surface area contributed by atoms with E-state index < -0.39 is 0 Å². The molecule has 0 aromatic heterocycles. The molecule has 0 radical (unpaired) electrons. The van der Waals surface area contributed by atoms with E-state index in [1.165, 1.54) is 27.1 Å².